The zero-order valence-electron chi connectivity index (χ0n) is 8.05. The van der Waals surface area contributed by atoms with Crippen LogP contribution < -0.4 is 0 Å². The van der Waals surface area contributed by atoms with E-state index in [0.29, 0.717) is 17.1 Å². The molecule has 0 aliphatic carbocycles. The van der Waals surface area contributed by atoms with E-state index in [1.54, 1.807) is 12.4 Å². The van der Waals surface area contributed by atoms with Gasteiger partial charge in [-0.3, -0.25) is 15.6 Å². The Balaban J connectivity index is 2.44. The minimum Gasteiger partial charge on any atom is -0.296 e. The van der Waals surface area contributed by atoms with Gasteiger partial charge in [-0.2, -0.15) is 10.2 Å². The summed E-state index contributed by atoms with van der Waals surface area (Å²) >= 11 is 0. The monoisotopic (exact) mass is 189 g/mol. The molecule has 2 aromatic heterocycles. The third-order valence-electron chi connectivity index (χ3n) is 2.14. The van der Waals surface area contributed by atoms with Crippen LogP contribution in [0.4, 0.5) is 0 Å². The van der Waals surface area contributed by atoms with Crippen molar-refractivity contribution >= 4 is 5.71 Å². The highest BCUT2D eigenvalue weighted by Crippen LogP contribution is 2.11. The maximum Gasteiger partial charge on any atom is 0.115 e. The van der Waals surface area contributed by atoms with Gasteiger partial charge >= 0.3 is 0 Å². The van der Waals surface area contributed by atoms with Gasteiger partial charge in [0.05, 0.1) is 0 Å². The molecule has 2 aromatic rings. The highest BCUT2D eigenvalue weighted by molar-refractivity contribution is 6.09. The van der Waals surface area contributed by atoms with Crippen LogP contribution in [0.25, 0.3) is 0 Å². The van der Waals surface area contributed by atoms with Gasteiger partial charge in [0, 0.05) is 12.4 Å². The minimum atomic E-state index is 0.350. The molecule has 2 rings (SSSR count). The maximum atomic E-state index is 7.92. The molecule has 0 fully saturated rings. The van der Waals surface area contributed by atoms with Crippen LogP contribution in [0.3, 0.4) is 0 Å². The molecule has 72 valence electrons. The summed E-state index contributed by atoms with van der Waals surface area (Å²) in [6.45, 7) is 3.82. The third-order valence-corrected chi connectivity index (χ3v) is 2.14. The van der Waals surface area contributed by atoms with Crippen molar-refractivity contribution in [1.82, 2.24) is 20.4 Å². The molecule has 0 spiro atoms. The van der Waals surface area contributed by atoms with Crippen LogP contribution in [0, 0.1) is 19.3 Å². The van der Waals surface area contributed by atoms with E-state index in [1.807, 2.05) is 13.8 Å². The van der Waals surface area contributed by atoms with Crippen molar-refractivity contribution in [2.75, 3.05) is 0 Å². The van der Waals surface area contributed by atoms with Gasteiger partial charge in [-0.1, -0.05) is 0 Å². The summed E-state index contributed by atoms with van der Waals surface area (Å²) in [5, 5.41) is 21.4. The molecule has 2 heterocycles. The summed E-state index contributed by atoms with van der Waals surface area (Å²) in [6.07, 6.45) is 3.54. The molecule has 5 nitrogen and oxygen atoms in total. The number of nitrogens with one attached hydrogen (secondary N) is 3. The summed E-state index contributed by atoms with van der Waals surface area (Å²) in [5.41, 5.74) is 3.57. The molecule has 0 aromatic carbocycles. The summed E-state index contributed by atoms with van der Waals surface area (Å²) in [6, 6.07) is 0. The topological polar surface area (TPSA) is 81.2 Å². The van der Waals surface area contributed by atoms with E-state index < -0.39 is 0 Å². The summed E-state index contributed by atoms with van der Waals surface area (Å²) < 4.78 is 0. The first-order valence-corrected chi connectivity index (χ1v) is 4.30. The third kappa shape index (κ3) is 1.22. The maximum absolute atomic E-state index is 7.92. The predicted octanol–water partition coefficient (Wildman–Crippen LogP) is 1.17. The number of aromatic amines is 2. The van der Waals surface area contributed by atoms with Crippen molar-refractivity contribution in [3.05, 3.63) is 34.9 Å². The fourth-order valence-electron chi connectivity index (χ4n) is 1.32. The summed E-state index contributed by atoms with van der Waals surface area (Å²) in [5.74, 6) is 0. The Kier molecular flexibility index (Phi) is 1.92. The molecular weight excluding hydrogens is 178 g/mol. The van der Waals surface area contributed by atoms with E-state index in [-0.39, 0.29) is 0 Å². The van der Waals surface area contributed by atoms with Crippen LogP contribution in [0.5, 0.6) is 0 Å². The van der Waals surface area contributed by atoms with Gasteiger partial charge in [0.15, 0.2) is 0 Å². The number of hydrogen-bond acceptors (Lipinski definition) is 3. The highest BCUT2D eigenvalue weighted by Gasteiger charge is 2.14. The van der Waals surface area contributed by atoms with E-state index >= 15 is 0 Å². The Bertz CT molecular complexity index is 423. The van der Waals surface area contributed by atoms with Crippen molar-refractivity contribution in [2.24, 2.45) is 0 Å². The first-order chi connectivity index (χ1) is 6.70. The van der Waals surface area contributed by atoms with E-state index in [2.05, 4.69) is 20.4 Å². The number of hydrogen-bond donors (Lipinski definition) is 3. The summed E-state index contributed by atoms with van der Waals surface area (Å²) in [7, 11) is 0. The van der Waals surface area contributed by atoms with Crippen LogP contribution in [0.1, 0.15) is 22.5 Å². The Hall–Kier alpha value is -1.91. The number of rotatable bonds is 2. The smallest absolute Gasteiger partial charge is 0.115 e. The molecule has 0 saturated carbocycles. The Morgan fingerprint density at radius 2 is 1.50 bits per heavy atom. The Morgan fingerprint density at radius 1 is 1.07 bits per heavy atom. The zero-order valence-corrected chi connectivity index (χ0v) is 8.05. The molecule has 0 aliphatic heterocycles. The molecular formula is C9H11N5. The van der Waals surface area contributed by atoms with Crippen molar-refractivity contribution in [3.63, 3.8) is 0 Å². The van der Waals surface area contributed by atoms with Gasteiger partial charge in [-0.15, -0.1) is 0 Å². The predicted molar refractivity (Wildman–Crippen MR) is 52.6 cm³/mol. The summed E-state index contributed by atoms with van der Waals surface area (Å²) in [4.78, 5) is 0. The van der Waals surface area contributed by atoms with Crippen molar-refractivity contribution in [1.29, 1.82) is 5.41 Å². The Morgan fingerprint density at radius 3 is 1.79 bits per heavy atom. The average molecular weight is 189 g/mol. The number of aryl methyl sites for hydroxylation is 2. The van der Waals surface area contributed by atoms with E-state index in [1.165, 1.54) is 0 Å². The van der Waals surface area contributed by atoms with Crippen LogP contribution >= 0.6 is 0 Å². The fourth-order valence-corrected chi connectivity index (χ4v) is 1.32. The van der Waals surface area contributed by atoms with Gasteiger partial charge in [-0.25, -0.2) is 0 Å². The standard InChI is InChI=1S/C9H11N5/c1-5-3-11-13-8(5)7(10)9-6(2)4-12-14-9/h3-4,10H,1-2H3,(H,11,13)(H,12,14). The molecule has 14 heavy (non-hydrogen) atoms. The van der Waals surface area contributed by atoms with Crippen molar-refractivity contribution in [3.8, 4) is 0 Å². The van der Waals surface area contributed by atoms with Crippen LogP contribution in [0.15, 0.2) is 12.4 Å². The van der Waals surface area contributed by atoms with Crippen molar-refractivity contribution in [2.45, 2.75) is 13.8 Å². The highest BCUT2D eigenvalue weighted by atomic mass is 15.1. The molecule has 3 N–H and O–H groups in total. The lowest BCUT2D eigenvalue weighted by Gasteiger charge is -1.98. The van der Waals surface area contributed by atoms with E-state index in [4.69, 9.17) is 5.41 Å². The van der Waals surface area contributed by atoms with Gasteiger partial charge in [0.2, 0.25) is 0 Å². The van der Waals surface area contributed by atoms with Crippen LogP contribution in [-0.4, -0.2) is 26.1 Å². The number of nitrogens with zero attached hydrogens (tertiary/aromatic N) is 2. The SMILES string of the molecule is Cc1c[nH]nc1C(=N)c1n[nH]cc1C. The minimum absolute atomic E-state index is 0.350. The van der Waals surface area contributed by atoms with Crippen LogP contribution in [0.2, 0.25) is 0 Å². The quantitative estimate of drug-likeness (QED) is 0.620. The molecule has 0 atom stereocenters. The molecule has 5 heteroatoms. The van der Waals surface area contributed by atoms with Crippen LogP contribution in [-0.2, 0) is 0 Å². The lowest BCUT2D eigenvalue weighted by molar-refractivity contribution is 1.05. The fraction of sp³-hybridized carbons (Fsp3) is 0.222. The zero-order chi connectivity index (χ0) is 10.1. The van der Waals surface area contributed by atoms with Gasteiger partial charge in [-0.05, 0) is 25.0 Å². The van der Waals surface area contributed by atoms with Gasteiger partial charge in [0.25, 0.3) is 0 Å². The normalized spacial score (nSPS) is 10.4. The first kappa shape index (κ1) is 8.68. The molecule has 0 radical (unpaired) electrons. The second-order valence-corrected chi connectivity index (χ2v) is 3.21. The lowest BCUT2D eigenvalue weighted by atomic mass is 10.1. The van der Waals surface area contributed by atoms with Gasteiger partial charge in [0.1, 0.15) is 17.1 Å². The van der Waals surface area contributed by atoms with E-state index in [9.17, 15) is 0 Å². The second kappa shape index (κ2) is 3.10. The average Bonchev–Trinajstić information content (AvgIpc) is 2.73. The largest absolute Gasteiger partial charge is 0.296 e. The van der Waals surface area contributed by atoms with E-state index in [0.717, 1.165) is 11.1 Å². The lowest BCUT2D eigenvalue weighted by Crippen LogP contribution is -2.06. The first-order valence-electron chi connectivity index (χ1n) is 4.30. The molecule has 0 bridgehead atoms. The van der Waals surface area contributed by atoms with Crippen molar-refractivity contribution < 1.29 is 0 Å². The number of aromatic nitrogens is 4. The molecule has 0 saturated heterocycles. The molecule has 0 unspecified atom stereocenters. The number of H-pyrrole nitrogens is 2. The Labute approximate surface area is 81.1 Å². The molecule has 0 aliphatic rings. The van der Waals surface area contributed by atoms with Gasteiger partial charge < -0.3 is 0 Å². The second-order valence-electron chi connectivity index (χ2n) is 3.21. The molecule has 0 amide bonds.